The molecule has 3 unspecified atom stereocenters. The predicted molar refractivity (Wildman–Crippen MR) is 78.3 cm³/mol. The SMILES string of the molecule is Cc1ccc(C(C)C(C)CC(C)(N)C(=O)O)c(C)c1. The van der Waals surface area contributed by atoms with Gasteiger partial charge in [-0.2, -0.15) is 0 Å². The monoisotopic (exact) mass is 263 g/mol. The van der Waals surface area contributed by atoms with Gasteiger partial charge in [-0.05, 0) is 50.2 Å². The van der Waals surface area contributed by atoms with E-state index in [1.807, 2.05) is 0 Å². The standard InChI is InChI=1S/C16H25NO2/c1-10-6-7-14(11(2)8-10)13(4)12(3)9-16(5,17)15(18)19/h6-8,12-13H,9,17H2,1-5H3,(H,18,19). The van der Waals surface area contributed by atoms with E-state index in [-0.39, 0.29) is 5.92 Å². The average Bonchev–Trinajstić information content (AvgIpc) is 2.27. The molecule has 3 heteroatoms. The summed E-state index contributed by atoms with van der Waals surface area (Å²) < 4.78 is 0. The number of hydrogen-bond donors (Lipinski definition) is 2. The highest BCUT2D eigenvalue weighted by Crippen LogP contribution is 2.31. The van der Waals surface area contributed by atoms with Crippen LogP contribution in [-0.2, 0) is 4.79 Å². The average molecular weight is 263 g/mol. The van der Waals surface area contributed by atoms with Gasteiger partial charge in [-0.3, -0.25) is 4.79 Å². The van der Waals surface area contributed by atoms with Crippen molar-refractivity contribution >= 4 is 5.97 Å². The van der Waals surface area contributed by atoms with Gasteiger partial charge in [-0.25, -0.2) is 0 Å². The summed E-state index contributed by atoms with van der Waals surface area (Å²) in [6.45, 7) is 9.97. The van der Waals surface area contributed by atoms with E-state index in [4.69, 9.17) is 10.8 Å². The van der Waals surface area contributed by atoms with Gasteiger partial charge in [-0.1, -0.05) is 37.6 Å². The Hall–Kier alpha value is -1.35. The molecule has 0 aliphatic carbocycles. The number of carbonyl (C=O) groups is 1. The van der Waals surface area contributed by atoms with E-state index in [9.17, 15) is 4.79 Å². The van der Waals surface area contributed by atoms with Gasteiger partial charge in [0.2, 0.25) is 0 Å². The summed E-state index contributed by atoms with van der Waals surface area (Å²) in [4.78, 5) is 11.1. The molecule has 3 nitrogen and oxygen atoms in total. The van der Waals surface area contributed by atoms with Crippen LogP contribution in [0.25, 0.3) is 0 Å². The van der Waals surface area contributed by atoms with Crippen LogP contribution in [0.15, 0.2) is 18.2 Å². The summed E-state index contributed by atoms with van der Waals surface area (Å²) in [5.74, 6) is -0.428. The molecule has 0 saturated carbocycles. The summed E-state index contributed by atoms with van der Waals surface area (Å²) in [5.41, 5.74) is 8.46. The lowest BCUT2D eigenvalue weighted by atomic mass is 9.79. The van der Waals surface area contributed by atoms with E-state index >= 15 is 0 Å². The Bertz CT molecular complexity index is 466. The maximum atomic E-state index is 11.1. The largest absolute Gasteiger partial charge is 0.480 e. The lowest BCUT2D eigenvalue weighted by Crippen LogP contribution is -2.46. The van der Waals surface area contributed by atoms with Crippen molar-refractivity contribution in [1.29, 1.82) is 0 Å². The Morgan fingerprint density at radius 3 is 2.42 bits per heavy atom. The summed E-state index contributed by atoms with van der Waals surface area (Å²) in [7, 11) is 0. The van der Waals surface area contributed by atoms with Gasteiger partial charge < -0.3 is 10.8 Å². The van der Waals surface area contributed by atoms with Crippen molar-refractivity contribution in [3.05, 3.63) is 34.9 Å². The van der Waals surface area contributed by atoms with Crippen molar-refractivity contribution in [1.82, 2.24) is 0 Å². The van der Waals surface area contributed by atoms with Gasteiger partial charge in [0.05, 0.1) is 0 Å². The van der Waals surface area contributed by atoms with Gasteiger partial charge >= 0.3 is 5.97 Å². The first-order valence-electron chi connectivity index (χ1n) is 6.74. The van der Waals surface area contributed by atoms with E-state index in [2.05, 4.69) is 45.9 Å². The van der Waals surface area contributed by atoms with Crippen LogP contribution in [0.3, 0.4) is 0 Å². The number of aryl methyl sites for hydroxylation is 2. The zero-order chi connectivity index (χ0) is 14.8. The van der Waals surface area contributed by atoms with E-state index in [0.717, 1.165) is 0 Å². The van der Waals surface area contributed by atoms with Gasteiger partial charge in [0.1, 0.15) is 5.54 Å². The Balaban J connectivity index is 2.88. The van der Waals surface area contributed by atoms with Gasteiger partial charge in [0.25, 0.3) is 0 Å². The molecular weight excluding hydrogens is 238 g/mol. The van der Waals surface area contributed by atoms with Crippen LogP contribution >= 0.6 is 0 Å². The predicted octanol–water partition coefficient (Wildman–Crippen LogP) is 3.24. The molecule has 106 valence electrons. The minimum absolute atomic E-state index is 0.215. The zero-order valence-corrected chi connectivity index (χ0v) is 12.5. The highest BCUT2D eigenvalue weighted by atomic mass is 16.4. The fourth-order valence-corrected chi connectivity index (χ4v) is 2.58. The first-order valence-corrected chi connectivity index (χ1v) is 6.74. The molecule has 3 N–H and O–H groups in total. The summed E-state index contributed by atoms with van der Waals surface area (Å²) in [6, 6.07) is 6.41. The second kappa shape index (κ2) is 5.74. The topological polar surface area (TPSA) is 63.3 Å². The van der Waals surface area contributed by atoms with Crippen molar-refractivity contribution in [2.75, 3.05) is 0 Å². The second-order valence-electron chi connectivity index (χ2n) is 6.05. The van der Waals surface area contributed by atoms with Crippen molar-refractivity contribution in [2.24, 2.45) is 11.7 Å². The van der Waals surface area contributed by atoms with Gasteiger partial charge in [0, 0.05) is 0 Å². The first-order chi connectivity index (χ1) is 8.65. The molecule has 0 aromatic heterocycles. The van der Waals surface area contributed by atoms with Crippen LogP contribution < -0.4 is 5.73 Å². The Labute approximate surface area is 115 Å². The lowest BCUT2D eigenvalue weighted by Gasteiger charge is -2.28. The summed E-state index contributed by atoms with van der Waals surface area (Å²) >= 11 is 0. The van der Waals surface area contributed by atoms with E-state index < -0.39 is 11.5 Å². The smallest absolute Gasteiger partial charge is 0.323 e. The fraction of sp³-hybridized carbons (Fsp3) is 0.562. The number of rotatable bonds is 5. The third-order valence-electron chi connectivity index (χ3n) is 4.00. The molecular formula is C16H25NO2. The Morgan fingerprint density at radius 1 is 1.37 bits per heavy atom. The minimum atomic E-state index is -1.16. The summed E-state index contributed by atoms with van der Waals surface area (Å²) in [5, 5.41) is 9.11. The maximum Gasteiger partial charge on any atom is 0.323 e. The van der Waals surface area contributed by atoms with Crippen molar-refractivity contribution in [2.45, 2.75) is 52.5 Å². The highest BCUT2D eigenvalue weighted by molar-refractivity contribution is 5.77. The Morgan fingerprint density at radius 2 is 1.95 bits per heavy atom. The number of nitrogens with two attached hydrogens (primary N) is 1. The number of aliphatic carboxylic acids is 1. The van der Waals surface area contributed by atoms with E-state index in [0.29, 0.717) is 12.3 Å². The van der Waals surface area contributed by atoms with Crippen molar-refractivity contribution in [3.8, 4) is 0 Å². The number of hydrogen-bond acceptors (Lipinski definition) is 2. The third-order valence-corrected chi connectivity index (χ3v) is 4.00. The first kappa shape index (κ1) is 15.7. The van der Waals surface area contributed by atoms with Crippen LogP contribution in [0.2, 0.25) is 0 Å². The van der Waals surface area contributed by atoms with Crippen LogP contribution in [0.5, 0.6) is 0 Å². The van der Waals surface area contributed by atoms with Crippen molar-refractivity contribution < 1.29 is 9.90 Å². The minimum Gasteiger partial charge on any atom is -0.480 e. The quantitative estimate of drug-likeness (QED) is 0.857. The van der Waals surface area contributed by atoms with E-state index in [1.54, 1.807) is 6.92 Å². The van der Waals surface area contributed by atoms with Crippen LogP contribution in [0.4, 0.5) is 0 Å². The molecule has 0 saturated heterocycles. The van der Waals surface area contributed by atoms with Crippen LogP contribution in [0, 0.1) is 19.8 Å². The zero-order valence-electron chi connectivity index (χ0n) is 12.5. The normalized spacial score (nSPS) is 17.6. The fourth-order valence-electron chi connectivity index (χ4n) is 2.58. The van der Waals surface area contributed by atoms with Crippen LogP contribution in [0.1, 0.15) is 49.8 Å². The molecule has 1 aromatic rings. The number of carboxylic acids is 1. The molecule has 3 atom stereocenters. The third kappa shape index (κ3) is 3.80. The molecule has 0 aliphatic rings. The molecule has 1 aromatic carbocycles. The molecule has 0 bridgehead atoms. The lowest BCUT2D eigenvalue weighted by molar-refractivity contribution is -0.143. The molecule has 0 fully saturated rings. The highest BCUT2D eigenvalue weighted by Gasteiger charge is 2.32. The molecule has 19 heavy (non-hydrogen) atoms. The molecule has 0 radical (unpaired) electrons. The van der Waals surface area contributed by atoms with Crippen LogP contribution in [-0.4, -0.2) is 16.6 Å². The molecule has 0 amide bonds. The van der Waals surface area contributed by atoms with Gasteiger partial charge in [-0.15, -0.1) is 0 Å². The summed E-state index contributed by atoms with van der Waals surface area (Å²) in [6.07, 6.45) is 0.469. The molecule has 0 spiro atoms. The molecule has 0 heterocycles. The maximum absolute atomic E-state index is 11.1. The Kier molecular flexibility index (Phi) is 4.75. The molecule has 1 rings (SSSR count). The molecule has 0 aliphatic heterocycles. The number of benzene rings is 1. The van der Waals surface area contributed by atoms with Gasteiger partial charge in [0.15, 0.2) is 0 Å². The van der Waals surface area contributed by atoms with Crippen molar-refractivity contribution in [3.63, 3.8) is 0 Å². The second-order valence-corrected chi connectivity index (χ2v) is 6.05. The number of carboxylic acid groups (broad SMARTS) is 1. The van der Waals surface area contributed by atoms with E-state index in [1.165, 1.54) is 16.7 Å².